The number of fused-ring (bicyclic) bond motifs is 1. The molecule has 8 heteroatoms. The smallest absolute Gasteiger partial charge is 0.233 e. The predicted molar refractivity (Wildman–Crippen MR) is 95.9 cm³/mol. The summed E-state index contributed by atoms with van der Waals surface area (Å²) in [4.78, 5) is 32.5. The minimum Gasteiger partial charge on any atom is -0.350 e. The van der Waals surface area contributed by atoms with Gasteiger partial charge in [0.2, 0.25) is 11.7 Å². The monoisotopic (exact) mass is 354 g/mol. The Morgan fingerprint density at radius 1 is 1.31 bits per heavy atom. The molecule has 1 unspecified atom stereocenters. The van der Waals surface area contributed by atoms with Crippen LogP contribution < -0.4 is 5.32 Å². The molecule has 8 nitrogen and oxygen atoms in total. The first-order valence-electron chi connectivity index (χ1n) is 8.48. The van der Waals surface area contributed by atoms with Crippen molar-refractivity contribution < 1.29 is 9.59 Å². The van der Waals surface area contributed by atoms with E-state index in [1.807, 2.05) is 43.6 Å². The minimum atomic E-state index is -0.149. The number of carbonyl (C=O) groups excluding carboxylic acids is 2. The molecule has 26 heavy (non-hydrogen) atoms. The molecule has 0 aromatic carbocycles. The van der Waals surface area contributed by atoms with Crippen LogP contribution in [0.3, 0.4) is 0 Å². The number of nitrogens with zero attached hydrogens (tertiary/aromatic N) is 5. The van der Waals surface area contributed by atoms with Crippen LogP contribution in [0, 0.1) is 13.8 Å². The van der Waals surface area contributed by atoms with Crippen LogP contribution in [0.15, 0.2) is 24.7 Å². The Bertz CT molecular complexity index is 938. The van der Waals surface area contributed by atoms with Gasteiger partial charge in [-0.25, -0.2) is 9.97 Å². The van der Waals surface area contributed by atoms with E-state index in [9.17, 15) is 9.59 Å². The number of rotatable bonds is 6. The van der Waals surface area contributed by atoms with Crippen LogP contribution in [0.5, 0.6) is 0 Å². The van der Waals surface area contributed by atoms with Crippen LogP contribution >= 0.6 is 0 Å². The van der Waals surface area contributed by atoms with E-state index in [1.165, 1.54) is 6.92 Å². The molecule has 1 N–H and O–H groups in total. The summed E-state index contributed by atoms with van der Waals surface area (Å²) in [6.45, 7) is 7.45. The highest BCUT2D eigenvalue weighted by Gasteiger charge is 2.20. The molecule has 0 saturated carbocycles. The maximum Gasteiger partial charge on any atom is 0.233 e. The van der Waals surface area contributed by atoms with E-state index in [0.717, 1.165) is 11.4 Å². The zero-order valence-corrected chi connectivity index (χ0v) is 15.4. The van der Waals surface area contributed by atoms with Crippen molar-refractivity contribution in [3.63, 3.8) is 0 Å². The Morgan fingerprint density at radius 2 is 2.08 bits per heavy atom. The van der Waals surface area contributed by atoms with E-state index >= 15 is 0 Å². The molecular weight excluding hydrogens is 332 g/mol. The second-order valence-corrected chi connectivity index (χ2v) is 6.44. The number of hydrogen-bond donors (Lipinski definition) is 1. The zero-order valence-electron chi connectivity index (χ0n) is 15.4. The summed E-state index contributed by atoms with van der Waals surface area (Å²) < 4.78 is 3.56. The Balaban J connectivity index is 1.62. The van der Waals surface area contributed by atoms with Crippen molar-refractivity contribution in [1.29, 1.82) is 0 Å². The van der Waals surface area contributed by atoms with Crippen molar-refractivity contribution in [2.45, 2.75) is 46.7 Å². The van der Waals surface area contributed by atoms with Crippen molar-refractivity contribution in [2.24, 2.45) is 0 Å². The number of carbonyl (C=O) groups is 2. The maximum absolute atomic E-state index is 12.3. The summed E-state index contributed by atoms with van der Waals surface area (Å²) in [6, 6.07) is 1.67. The Hall–Kier alpha value is -3.03. The lowest BCUT2D eigenvalue weighted by atomic mass is 10.1. The van der Waals surface area contributed by atoms with E-state index in [-0.39, 0.29) is 24.2 Å². The molecule has 3 rings (SSSR count). The van der Waals surface area contributed by atoms with Crippen LogP contribution in [0.4, 0.5) is 0 Å². The average molecular weight is 354 g/mol. The molecule has 0 aliphatic rings. The largest absolute Gasteiger partial charge is 0.350 e. The molecule has 1 amide bonds. The summed E-state index contributed by atoms with van der Waals surface area (Å²) in [5, 5.41) is 7.30. The molecule has 0 radical (unpaired) electrons. The normalized spacial score (nSPS) is 12.3. The third-order valence-electron chi connectivity index (χ3n) is 4.33. The van der Waals surface area contributed by atoms with Gasteiger partial charge in [0.15, 0.2) is 5.78 Å². The average Bonchev–Trinajstić information content (AvgIpc) is 3.13. The first-order valence-corrected chi connectivity index (χ1v) is 8.48. The van der Waals surface area contributed by atoms with Gasteiger partial charge in [-0.3, -0.25) is 18.7 Å². The van der Waals surface area contributed by atoms with Crippen LogP contribution in [-0.2, 0) is 11.3 Å². The van der Waals surface area contributed by atoms with Gasteiger partial charge in [-0.1, -0.05) is 0 Å². The number of aryl methyl sites for hydroxylation is 1. The first kappa shape index (κ1) is 17.8. The van der Waals surface area contributed by atoms with E-state index in [0.29, 0.717) is 23.6 Å². The molecule has 0 saturated heterocycles. The molecule has 0 spiro atoms. The number of ketones is 1. The predicted octanol–water partition coefficient (Wildman–Crippen LogP) is 2.01. The highest BCUT2D eigenvalue weighted by Crippen LogP contribution is 2.20. The Kier molecular flexibility index (Phi) is 4.83. The van der Waals surface area contributed by atoms with Crippen LogP contribution in [-0.4, -0.2) is 35.8 Å². The second-order valence-electron chi connectivity index (χ2n) is 6.44. The van der Waals surface area contributed by atoms with Crippen LogP contribution in [0.1, 0.15) is 53.7 Å². The lowest BCUT2D eigenvalue weighted by Gasteiger charge is -2.14. The minimum absolute atomic E-state index is 0.0108. The number of aromatic nitrogens is 5. The fourth-order valence-corrected chi connectivity index (χ4v) is 3.18. The number of amides is 1. The zero-order chi connectivity index (χ0) is 18.8. The standard InChI is InChI=1S/C18H22N6O2/c1-11(24-13(3)17(14(4)25)12(2)22-24)8-16(26)20-9-15-10-23-7-5-6-19-18(23)21-15/h5-7,10-11H,8-9H2,1-4H3,(H,20,26). The molecule has 1 atom stereocenters. The van der Waals surface area contributed by atoms with Crippen molar-refractivity contribution in [3.8, 4) is 0 Å². The summed E-state index contributed by atoms with van der Waals surface area (Å²) in [6.07, 6.45) is 5.64. The van der Waals surface area contributed by atoms with Gasteiger partial charge < -0.3 is 5.32 Å². The van der Waals surface area contributed by atoms with E-state index in [1.54, 1.807) is 10.9 Å². The number of hydrogen-bond acceptors (Lipinski definition) is 5. The lowest BCUT2D eigenvalue weighted by molar-refractivity contribution is -0.122. The fraction of sp³-hybridized carbons (Fsp3) is 0.389. The Morgan fingerprint density at radius 3 is 2.73 bits per heavy atom. The van der Waals surface area contributed by atoms with Crippen LogP contribution in [0.25, 0.3) is 5.78 Å². The van der Waals surface area contributed by atoms with Gasteiger partial charge >= 0.3 is 0 Å². The van der Waals surface area contributed by atoms with Gasteiger partial charge in [-0.05, 0) is 33.8 Å². The fourth-order valence-electron chi connectivity index (χ4n) is 3.18. The molecule has 0 fully saturated rings. The second kappa shape index (κ2) is 7.07. The quantitative estimate of drug-likeness (QED) is 0.684. The number of Topliss-reactive ketones (excluding diaryl/α,β-unsaturated/α-hetero) is 1. The molecule has 0 aliphatic heterocycles. The highest BCUT2D eigenvalue weighted by atomic mass is 16.1. The van der Waals surface area contributed by atoms with E-state index in [4.69, 9.17) is 0 Å². The topological polar surface area (TPSA) is 94.2 Å². The summed E-state index contributed by atoms with van der Waals surface area (Å²) in [7, 11) is 0. The van der Waals surface area contributed by atoms with E-state index < -0.39 is 0 Å². The molecule has 3 heterocycles. The van der Waals surface area contributed by atoms with Gasteiger partial charge in [-0.15, -0.1) is 0 Å². The van der Waals surface area contributed by atoms with Crippen LogP contribution in [0.2, 0.25) is 0 Å². The molecule has 3 aromatic heterocycles. The first-order chi connectivity index (χ1) is 12.4. The number of imidazole rings is 1. The Labute approximate surface area is 151 Å². The highest BCUT2D eigenvalue weighted by molar-refractivity contribution is 5.96. The van der Waals surface area contributed by atoms with Crippen molar-refractivity contribution >= 4 is 17.5 Å². The van der Waals surface area contributed by atoms with Gasteiger partial charge in [0.1, 0.15) is 0 Å². The van der Waals surface area contributed by atoms with Gasteiger partial charge in [-0.2, -0.15) is 5.10 Å². The molecule has 0 bridgehead atoms. The summed E-state index contributed by atoms with van der Waals surface area (Å²) >= 11 is 0. The summed E-state index contributed by atoms with van der Waals surface area (Å²) in [5.74, 6) is 0.493. The SMILES string of the molecule is CC(=O)c1c(C)nn(C(C)CC(=O)NCc2cn3cccnc3n2)c1C. The van der Waals surface area contributed by atoms with Gasteiger partial charge in [0.05, 0.1) is 29.5 Å². The molecule has 136 valence electrons. The third-order valence-corrected chi connectivity index (χ3v) is 4.33. The van der Waals surface area contributed by atoms with Crippen molar-refractivity contribution in [2.75, 3.05) is 0 Å². The lowest BCUT2D eigenvalue weighted by Crippen LogP contribution is -2.26. The van der Waals surface area contributed by atoms with E-state index in [2.05, 4.69) is 20.4 Å². The molecule has 0 aliphatic carbocycles. The van der Waals surface area contributed by atoms with Gasteiger partial charge in [0.25, 0.3) is 0 Å². The molecule has 3 aromatic rings. The molecular formula is C18H22N6O2. The van der Waals surface area contributed by atoms with Crippen molar-refractivity contribution in [3.05, 3.63) is 47.3 Å². The maximum atomic E-state index is 12.3. The van der Waals surface area contributed by atoms with Gasteiger partial charge in [0, 0.05) is 30.7 Å². The van der Waals surface area contributed by atoms with Crippen molar-refractivity contribution in [1.82, 2.24) is 29.5 Å². The number of nitrogens with one attached hydrogen (secondary N) is 1. The summed E-state index contributed by atoms with van der Waals surface area (Å²) in [5.41, 5.74) is 2.87. The third kappa shape index (κ3) is 3.49.